The van der Waals surface area contributed by atoms with Gasteiger partial charge in [0.15, 0.2) is 0 Å². The third-order valence-electron chi connectivity index (χ3n) is 3.64. The highest BCUT2D eigenvalue weighted by Gasteiger charge is 2.34. The van der Waals surface area contributed by atoms with Gasteiger partial charge in [-0.15, -0.1) is 0 Å². The lowest BCUT2D eigenvalue weighted by Crippen LogP contribution is -2.47. The maximum Gasteiger partial charge on any atom is 0.261 e. The number of rotatable bonds is 3. The Labute approximate surface area is 142 Å². The molecule has 0 saturated heterocycles. The first-order chi connectivity index (χ1) is 11.5. The normalized spacial score (nSPS) is 15.5. The highest BCUT2D eigenvalue weighted by molar-refractivity contribution is 6.34. The van der Waals surface area contributed by atoms with Crippen LogP contribution in [0.25, 0.3) is 11.6 Å². The first-order valence-electron chi connectivity index (χ1n) is 7.10. The van der Waals surface area contributed by atoms with Gasteiger partial charge in [0.1, 0.15) is 0 Å². The monoisotopic (exact) mass is 340 g/mol. The van der Waals surface area contributed by atoms with Crippen molar-refractivity contribution in [1.29, 1.82) is 0 Å². The summed E-state index contributed by atoms with van der Waals surface area (Å²) in [6.07, 6.45) is 1.60. The van der Waals surface area contributed by atoms with Crippen molar-refractivity contribution in [2.24, 2.45) is 0 Å². The van der Waals surface area contributed by atoms with E-state index in [1.54, 1.807) is 54.6 Å². The van der Waals surface area contributed by atoms with Crippen molar-refractivity contribution in [3.05, 3.63) is 70.2 Å². The molecule has 1 aliphatic rings. The fourth-order valence-corrected chi connectivity index (χ4v) is 2.67. The molecule has 120 valence electrons. The molecular weight excluding hydrogens is 330 g/mol. The molecule has 2 amide bonds. The Hall–Kier alpha value is -2.92. The average Bonchev–Trinajstić information content (AvgIpc) is 2.57. The summed E-state index contributed by atoms with van der Waals surface area (Å²) in [7, 11) is 0. The highest BCUT2D eigenvalue weighted by atomic mass is 35.5. The number of carbonyl (C=O) groups excluding carboxylic acids is 3. The Bertz CT molecular complexity index is 871. The van der Waals surface area contributed by atoms with E-state index in [1.807, 2.05) is 0 Å². The molecule has 2 aromatic carbocycles. The van der Waals surface area contributed by atoms with Crippen LogP contribution in [0.15, 0.2) is 48.5 Å². The number of halogens is 1. The van der Waals surface area contributed by atoms with Crippen LogP contribution in [-0.2, 0) is 9.59 Å². The molecule has 1 aliphatic heterocycles. The number of carboxylic acid groups (broad SMARTS) is 1. The summed E-state index contributed by atoms with van der Waals surface area (Å²) in [5.41, 5.74) is 1.70. The summed E-state index contributed by atoms with van der Waals surface area (Å²) in [6.45, 7) is -0.788. The number of amides is 2. The summed E-state index contributed by atoms with van der Waals surface area (Å²) in [5.74, 6) is -2.81. The molecule has 0 N–H and O–H groups in total. The molecule has 0 unspecified atom stereocenters. The molecule has 0 spiro atoms. The summed E-state index contributed by atoms with van der Waals surface area (Å²) in [6, 6.07) is 13.4. The van der Waals surface area contributed by atoms with Gasteiger partial charge in [0.25, 0.3) is 11.8 Å². The molecule has 0 aliphatic carbocycles. The molecule has 0 saturated carbocycles. The van der Waals surface area contributed by atoms with Gasteiger partial charge in [0.2, 0.25) is 0 Å². The number of imide groups is 1. The Kier molecular flexibility index (Phi) is 4.18. The first kappa shape index (κ1) is 16.0. The predicted molar refractivity (Wildman–Crippen MR) is 86.8 cm³/mol. The van der Waals surface area contributed by atoms with Crippen LogP contribution in [0, 0.1) is 0 Å². The molecule has 0 aromatic heterocycles. The molecule has 0 atom stereocenters. The lowest BCUT2D eigenvalue weighted by Gasteiger charge is -2.28. The molecule has 6 heteroatoms. The second-order valence-electron chi connectivity index (χ2n) is 5.22. The van der Waals surface area contributed by atoms with Crippen LogP contribution in [0.5, 0.6) is 0 Å². The van der Waals surface area contributed by atoms with Gasteiger partial charge in [-0.2, -0.15) is 0 Å². The number of fused-ring (bicyclic) bond motifs is 1. The van der Waals surface area contributed by atoms with E-state index in [-0.39, 0.29) is 11.1 Å². The van der Waals surface area contributed by atoms with Crippen molar-refractivity contribution in [1.82, 2.24) is 4.90 Å². The van der Waals surface area contributed by atoms with E-state index in [0.717, 1.165) is 0 Å². The van der Waals surface area contributed by atoms with Crippen molar-refractivity contribution < 1.29 is 19.5 Å². The lowest BCUT2D eigenvalue weighted by atomic mass is 9.92. The number of aliphatic carboxylic acids is 1. The van der Waals surface area contributed by atoms with Gasteiger partial charge in [0, 0.05) is 16.2 Å². The van der Waals surface area contributed by atoms with Gasteiger partial charge in [-0.25, -0.2) is 0 Å². The van der Waals surface area contributed by atoms with Gasteiger partial charge >= 0.3 is 0 Å². The molecular formula is C18H11ClNO4-. The van der Waals surface area contributed by atoms with Gasteiger partial charge in [0.05, 0.1) is 12.5 Å². The smallest absolute Gasteiger partial charge is 0.261 e. The topological polar surface area (TPSA) is 77.5 Å². The minimum Gasteiger partial charge on any atom is -0.548 e. The Morgan fingerprint density at radius 2 is 1.62 bits per heavy atom. The maximum absolute atomic E-state index is 12.6. The molecule has 0 radical (unpaired) electrons. The summed E-state index contributed by atoms with van der Waals surface area (Å²) < 4.78 is 0. The third kappa shape index (κ3) is 2.94. The second-order valence-corrected chi connectivity index (χ2v) is 5.66. The summed E-state index contributed by atoms with van der Waals surface area (Å²) in [5, 5.41) is 11.4. The number of hydrogen-bond donors (Lipinski definition) is 0. The van der Waals surface area contributed by atoms with E-state index in [4.69, 9.17) is 11.6 Å². The largest absolute Gasteiger partial charge is 0.548 e. The van der Waals surface area contributed by atoms with Crippen LogP contribution >= 0.6 is 11.6 Å². The summed E-state index contributed by atoms with van der Waals surface area (Å²) in [4.78, 5) is 36.6. The number of benzene rings is 2. The third-order valence-corrected chi connectivity index (χ3v) is 3.89. The first-order valence-corrected chi connectivity index (χ1v) is 7.48. The van der Waals surface area contributed by atoms with Crippen LogP contribution in [-0.4, -0.2) is 29.2 Å². The zero-order valence-corrected chi connectivity index (χ0v) is 13.1. The van der Waals surface area contributed by atoms with Crippen LogP contribution in [0.1, 0.15) is 21.5 Å². The zero-order chi connectivity index (χ0) is 17.3. The quantitative estimate of drug-likeness (QED) is 0.628. The van der Waals surface area contributed by atoms with Crippen LogP contribution in [0.4, 0.5) is 0 Å². The number of nitrogens with zero attached hydrogens (tertiary/aromatic N) is 1. The molecule has 3 rings (SSSR count). The molecule has 0 bridgehead atoms. The molecule has 24 heavy (non-hydrogen) atoms. The van der Waals surface area contributed by atoms with Crippen molar-refractivity contribution >= 4 is 41.0 Å². The molecule has 2 aromatic rings. The van der Waals surface area contributed by atoms with Crippen molar-refractivity contribution in [2.75, 3.05) is 6.54 Å². The maximum atomic E-state index is 12.6. The van der Waals surface area contributed by atoms with Crippen molar-refractivity contribution in [2.45, 2.75) is 0 Å². The average molecular weight is 341 g/mol. The van der Waals surface area contributed by atoms with Gasteiger partial charge < -0.3 is 9.90 Å². The Morgan fingerprint density at radius 1 is 1.00 bits per heavy atom. The zero-order valence-electron chi connectivity index (χ0n) is 12.4. The van der Waals surface area contributed by atoms with Gasteiger partial charge in [-0.1, -0.05) is 41.9 Å². The van der Waals surface area contributed by atoms with Crippen LogP contribution < -0.4 is 5.11 Å². The minimum atomic E-state index is -1.50. The summed E-state index contributed by atoms with van der Waals surface area (Å²) >= 11 is 5.85. The number of carboxylic acids is 1. The van der Waals surface area contributed by atoms with E-state index in [9.17, 15) is 19.5 Å². The number of hydrogen-bond acceptors (Lipinski definition) is 4. The van der Waals surface area contributed by atoms with Crippen molar-refractivity contribution in [3.63, 3.8) is 0 Å². The van der Waals surface area contributed by atoms with Crippen LogP contribution in [0.3, 0.4) is 0 Å². The fourth-order valence-electron chi connectivity index (χ4n) is 2.54. The lowest BCUT2D eigenvalue weighted by molar-refractivity contribution is -0.305. The highest BCUT2D eigenvalue weighted by Crippen LogP contribution is 2.30. The predicted octanol–water partition coefficient (Wildman–Crippen LogP) is 1.61. The van der Waals surface area contributed by atoms with E-state index in [0.29, 0.717) is 21.0 Å². The van der Waals surface area contributed by atoms with Gasteiger partial charge in [-0.05, 0) is 35.4 Å². The molecule has 1 heterocycles. The van der Waals surface area contributed by atoms with E-state index in [1.165, 1.54) is 0 Å². The van der Waals surface area contributed by atoms with Gasteiger partial charge in [-0.3, -0.25) is 14.5 Å². The standard InChI is InChI=1S/C18H12ClNO4/c19-12-7-5-11(6-8-12)9-15-13-3-1-2-4-14(13)17(23)20(18(15)24)10-16(21)22/h1-9H,10H2,(H,21,22)/p-1/b15-9-. The fraction of sp³-hybridized carbons (Fsp3) is 0.0556. The second kappa shape index (κ2) is 6.29. The van der Waals surface area contributed by atoms with E-state index >= 15 is 0 Å². The van der Waals surface area contributed by atoms with E-state index in [2.05, 4.69) is 0 Å². The Balaban J connectivity index is 2.14. The van der Waals surface area contributed by atoms with E-state index < -0.39 is 24.3 Å². The molecule has 0 fully saturated rings. The minimum absolute atomic E-state index is 0.244. The molecule has 5 nitrogen and oxygen atoms in total. The number of carbonyl (C=O) groups is 3. The van der Waals surface area contributed by atoms with Crippen molar-refractivity contribution in [3.8, 4) is 0 Å². The SMILES string of the molecule is O=C([O-])CN1C(=O)/C(=C\c2ccc(Cl)cc2)c2ccccc2C1=O. The Morgan fingerprint density at radius 3 is 2.25 bits per heavy atom. The van der Waals surface area contributed by atoms with Crippen LogP contribution in [0.2, 0.25) is 5.02 Å².